The van der Waals surface area contributed by atoms with Crippen LogP contribution in [-0.4, -0.2) is 30.4 Å². The molecule has 1 heterocycles. The first-order valence-corrected chi connectivity index (χ1v) is 9.10. The van der Waals surface area contributed by atoms with E-state index >= 15 is 0 Å². The third kappa shape index (κ3) is 4.48. The molecule has 1 fully saturated rings. The lowest BCUT2D eigenvalue weighted by Gasteiger charge is -2.17. The Hall–Kier alpha value is -2.93. The first-order chi connectivity index (χ1) is 13.3. The number of nitrogens with zero attached hydrogens (tertiary/aromatic N) is 1. The van der Waals surface area contributed by atoms with Crippen molar-refractivity contribution in [3.63, 3.8) is 0 Å². The van der Waals surface area contributed by atoms with E-state index in [-0.39, 0.29) is 22.2 Å². The smallest absolute Gasteiger partial charge is 0.338 e. The number of benzene rings is 2. The summed E-state index contributed by atoms with van der Waals surface area (Å²) in [7, 11) is 0. The number of halogens is 2. The van der Waals surface area contributed by atoms with E-state index in [9.17, 15) is 18.8 Å². The molecular weight excluding hydrogens is 387 g/mol. The van der Waals surface area contributed by atoms with E-state index in [0.29, 0.717) is 18.7 Å². The summed E-state index contributed by atoms with van der Waals surface area (Å²) in [6.45, 7) is 2.03. The predicted molar refractivity (Wildman–Crippen MR) is 103 cm³/mol. The summed E-state index contributed by atoms with van der Waals surface area (Å²) >= 11 is 5.68. The second-order valence-electron chi connectivity index (χ2n) is 6.36. The van der Waals surface area contributed by atoms with Crippen LogP contribution >= 0.6 is 11.6 Å². The Balaban J connectivity index is 1.64. The summed E-state index contributed by atoms with van der Waals surface area (Å²) in [4.78, 5) is 38.1. The lowest BCUT2D eigenvalue weighted by atomic mass is 10.2. The number of amides is 2. The number of rotatable bonds is 5. The van der Waals surface area contributed by atoms with Crippen LogP contribution in [0.2, 0.25) is 5.02 Å². The van der Waals surface area contributed by atoms with Crippen molar-refractivity contribution in [2.24, 2.45) is 0 Å². The highest BCUT2D eigenvalue weighted by molar-refractivity contribution is 6.31. The topological polar surface area (TPSA) is 75.7 Å². The van der Waals surface area contributed by atoms with Gasteiger partial charge in [0.15, 0.2) is 6.10 Å². The summed E-state index contributed by atoms with van der Waals surface area (Å²) in [5.74, 6) is -1.86. The maximum atomic E-state index is 13.2. The Kier molecular flexibility index (Phi) is 5.94. The van der Waals surface area contributed by atoms with Gasteiger partial charge in [0, 0.05) is 24.3 Å². The number of hydrogen-bond donors (Lipinski definition) is 1. The van der Waals surface area contributed by atoms with Gasteiger partial charge < -0.3 is 15.0 Å². The van der Waals surface area contributed by atoms with Gasteiger partial charge in [0.2, 0.25) is 5.91 Å². The van der Waals surface area contributed by atoms with Crippen LogP contribution in [0.5, 0.6) is 0 Å². The molecule has 1 N–H and O–H groups in total. The van der Waals surface area contributed by atoms with Crippen molar-refractivity contribution in [1.82, 2.24) is 0 Å². The zero-order chi connectivity index (χ0) is 20.3. The number of anilines is 2. The molecule has 2 amide bonds. The van der Waals surface area contributed by atoms with Gasteiger partial charge in [-0.15, -0.1) is 0 Å². The molecule has 1 saturated heterocycles. The van der Waals surface area contributed by atoms with Gasteiger partial charge in [-0.3, -0.25) is 9.59 Å². The van der Waals surface area contributed by atoms with Crippen LogP contribution in [0.15, 0.2) is 42.5 Å². The molecule has 1 aliphatic rings. The fourth-order valence-corrected chi connectivity index (χ4v) is 3.00. The van der Waals surface area contributed by atoms with Crippen LogP contribution in [-0.2, 0) is 14.3 Å². The first-order valence-electron chi connectivity index (χ1n) is 8.72. The average Bonchev–Trinajstić information content (AvgIpc) is 3.10. The van der Waals surface area contributed by atoms with Gasteiger partial charge in [0.1, 0.15) is 5.82 Å². The normalized spacial score (nSPS) is 14.7. The van der Waals surface area contributed by atoms with Gasteiger partial charge in [0.05, 0.1) is 10.6 Å². The number of ether oxygens (including phenoxy) is 1. The minimum atomic E-state index is -1.09. The van der Waals surface area contributed by atoms with Crippen molar-refractivity contribution in [1.29, 1.82) is 0 Å². The monoisotopic (exact) mass is 404 g/mol. The van der Waals surface area contributed by atoms with E-state index < -0.39 is 23.8 Å². The van der Waals surface area contributed by atoms with Crippen molar-refractivity contribution in [2.75, 3.05) is 16.8 Å². The number of hydrogen-bond acceptors (Lipinski definition) is 4. The quantitative estimate of drug-likeness (QED) is 0.769. The summed E-state index contributed by atoms with van der Waals surface area (Å²) in [6.07, 6.45) is 0.172. The van der Waals surface area contributed by atoms with Crippen LogP contribution in [0.1, 0.15) is 30.1 Å². The third-order valence-electron chi connectivity index (χ3n) is 4.31. The minimum absolute atomic E-state index is 0.0104. The van der Waals surface area contributed by atoms with E-state index in [4.69, 9.17) is 16.3 Å². The molecule has 0 aromatic heterocycles. The van der Waals surface area contributed by atoms with Gasteiger partial charge in [-0.2, -0.15) is 0 Å². The number of carbonyl (C=O) groups excluding carboxylic acids is 3. The molecule has 1 aliphatic heterocycles. The Morgan fingerprint density at radius 2 is 2.04 bits per heavy atom. The van der Waals surface area contributed by atoms with Crippen molar-refractivity contribution in [3.05, 3.63) is 58.9 Å². The van der Waals surface area contributed by atoms with Crippen LogP contribution in [0.25, 0.3) is 0 Å². The van der Waals surface area contributed by atoms with Crippen LogP contribution in [0, 0.1) is 5.82 Å². The van der Waals surface area contributed by atoms with Gasteiger partial charge in [-0.05, 0) is 49.7 Å². The fraction of sp³-hybridized carbons (Fsp3) is 0.250. The maximum Gasteiger partial charge on any atom is 0.338 e. The molecule has 6 nitrogen and oxygen atoms in total. The predicted octanol–water partition coefficient (Wildman–Crippen LogP) is 3.79. The van der Waals surface area contributed by atoms with Gasteiger partial charge in [0.25, 0.3) is 5.91 Å². The highest BCUT2D eigenvalue weighted by Crippen LogP contribution is 2.23. The SMILES string of the molecule is C[C@H](OC(=O)c1cccc(N2CCCC2=O)c1)C(=O)Nc1ccc(F)c(Cl)c1. The zero-order valence-corrected chi connectivity index (χ0v) is 15.8. The molecule has 0 saturated carbocycles. The van der Waals surface area contributed by atoms with E-state index in [0.717, 1.165) is 12.5 Å². The lowest BCUT2D eigenvalue weighted by molar-refractivity contribution is -0.123. The van der Waals surface area contributed by atoms with E-state index in [1.807, 2.05) is 0 Å². The van der Waals surface area contributed by atoms with E-state index in [1.54, 1.807) is 29.2 Å². The van der Waals surface area contributed by atoms with Crippen molar-refractivity contribution >= 4 is 40.8 Å². The van der Waals surface area contributed by atoms with E-state index in [2.05, 4.69) is 5.32 Å². The Morgan fingerprint density at radius 3 is 2.71 bits per heavy atom. The molecule has 8 heteroatoms. The van der Waals surface area contributed by atoms with Crippen molar-refractivity contribution in [3.8, 4) is 0 Å². The zero-order valence-electron chi connectivity index (χ0n) is 15.1. The molecule has 3 rings (SSSR count). The Morgan fingerprint density at radius 1 is 1.25 bits per heavy atom. The van der Waals surface area contributed by atoms with E-state index in [1.165, 1.54) is 19.1 Å². The fourth-order valence-electron chi connectivity index (χ4n) is 2.82. The van der Waals surface area contributed by atoms with Gasteiger partial charge in [-0.25, -0.2) is 9.18 Å². The number of esters is 1. The van der Waals surface area contributed by atoms with Gasteiger partial charge >= 0.3 is 5.97 Å². The summed E-state index contributed by atoms with van der Waals surface area (Å²) in [5, 5.41) is 2.38. The standard InChI is InChI=1S/C20H18ClFN2O4/c1-12(19(26)23-14-7-8-17(22)16(21)11-14)28-20(27)13-4-2-5-15(10-13)24-9-3-6-18(24)25/h2,4-5,7-8,10-12H,3,6,9H2,1H3,(H,23,26)/t12-/m0/s1. The molecule has 1 atom stereocenters. The molecule has 146 valence electrons. The Labute approximate surface area is 166 Å². The summed E-state index contributed by atoms with van der Waals surface area (Å²) in [6, 6.07) is 10.3. The van der Waals surface area contributed by atoms with Crippen LogP contribution in [0.3, 0.4) is 0 Å². The second-order valence-corrected chi connectivity index (χ2v) is 6.77. The first kappa shape index (κ1) is 19.8. The molecular formula is C20H18ClFN2O4. The third-order valence-corrected chi connectivity index (χ3v) is 4.60. The van der Waals surface area contributed by atoms with Crippen molar-refractivity contribution in [2.45, 2.75) is 25.9 Å². The summed E-state index contributed by atoms with van der Waals surface area (Å²) < 4.78 is 18.4. The molecule has 0 radical (unpaired) electrons. The highest BCUT2D eigenvalue weighted by Gasteiger charge is 2.24. The largest absolute Gasteiger partial charge is 0.449 e. The molecule has 0 unspecified atom stereocenters. The maximum absolute atomic E-state index is 13.2. The summed E-state index contributed by atoms with van der Waals surface area (Å²) in [5.41, 5.74) is 1.14. The molecule has 28 heavy (non-hydrogen) atoms. The minimum Gasteiger partial charge on any atom is -0.449 e. The highest BCUT2D eigenvalue weighted by atomic mass is 35.5. The molecule has 2 aromatic carbocycles. The molecule has 0 aliphatic carbocycles. The number of carbonyl (C=O) groups is 3. The second kappa shape index (κ2) is 8.39. The molecule has 2 aromatic rings. The lowest BCUT2D eigenvalue weighted by Crippen LogP contribution is -2.30. The van der Waals surface area contributed by atoms with Crippen LogP contribution in [0.4, 0.5) is 15.8 Å². The molecule has 0 bridgehead atoms. The number of nitrogens with one attached hydrogen (secondary N) is 1. The van der Waals surface area contributed by atoms with Gasteiger partial charge in [-0.1, -0.05) is 17.7 Å². The molecule has 0 spiro atoms. The average molecular weight is 405 g/mol. The van der Waals surface area contributed by atoms with Crippen molar-refractivity contribution < 1.29 is 23.5 Å². The Bertz CT molecular complexity index is 934. The van der Waals surface area contributed by atoms with Crippen LogP contribution < -0.4 is 10.2 Å².